The van der Waals surface area contributed by atoms with Crippen LogP contribution in [0.4, 0.5) is 5.69 Å². The summed E-state index contributed by atoms with van der Waals surface area (Å²) in [7, 11) is 1.96. The number of rotatable bonds is 2. The average Bonchev–Trinajstić information content (AvgIpc) is 2.73. The quantitative estimate of drug-likeness (QED) is 0.613. The molecule has 3 nitrogen and oxygen atoms in total. The highest BCUT2D eigenvalue weighted by Crippen LogP contribution is 2.38. The Morgan fingerprint density at radius 2 is 1.61 bits per heavy atom. The third-order valence-corrected chi connectivity index (χ3v) is 3.22. The Hall–Kier alpha value is -2.42. The van der Waals surface area contributed by atoms with Gasteiger partial charge in [0.2, 0.25) is 0 Å². The zero-order chi connectivity index (χ0) is 12.5. The number of aryl methyl sites for hydroxylation is 1. The summed E-state index contributed by atoms with van der Waals surface area (Å²) < 4.78 is 2.02. The SMILES string of the molecule is Cn1c(-c2ccccc2)c(N=O)c2ccccc21. The van der Waals surface area contributed by atoms with Crippen molar-refractivity contribution in [1.82, 2.24) is 4.57 Å². The Morgan fingerprint density at radius 1 is 0.944 bits per heavy atom. The van der Waals surface area contributed by atoms with E-state index in [-0.39, 0.29) is 0 Å². The molecule has 1 aromatic heterocycles. The van der Waals surface area contributed by atoms with Crippen LogP contribution in [0.3, 0.4) is 0 Å². The number of nitrogens with zero attached hydrogens (tertiary/aromatic N) is 2. The summed E-state index contributed by atoms with van der Waals surface area (Å²) in [5.41, 5.74) is 3.41. The van der Waals surface area contributed by atoms with Gasteiger partial charge in [0.05, 0.1) is 11.2 Å². The van der Waals surface area contributed by atoms with Crippen molar-refractivity contribution in [2.45, 2.75) is 0 Å². The molecule has 2 aromatic carbocycles. The van der Waals surface area contributed by atoms with Gasteiger partial charge in [0, 0.05) is 18.0 Å². The second kappa shape index (κ2) is 4.11. The van der Waals surface area contributed by atoms with Crippen molar-refractivity contribution < 1.29 is 0 Å². The summed E-state index contributed by atoms with van der Waals surface area (Å²) in [5, 5.41) is 4.12. The van der Waals surface area contributed by atoms with Crippen molar-refractivity contribution in [3.8, 4) is 11.3 Å². The van der Waals surface area contributed by atoms with Crippen molar-refractivity contribution in [2.75, 3.05) is 0 Å². The summed E-state index contributed by atoms with van der Waals surface area (Å²) in [6, 6.07) is 17.7. The fourth-order valence-corrected chi connectivity index (χ4v) is 2.39. The highest BCUT2D eigenvalue weighted by Gasteiger charge is 2.16. The molecule has 3 aromatic rings. The molecular weight excluding hydrogens is 224 g/mol. The number of fused-ring (bicyclic) bond motifs is 1. The normalized spacial score (nSPS) is 10.7. The highest BCUT2D eigenvalue weighted by molar-refractivity contribution is 6.00. The van der Waals surface area contributed by atoms with Crippen molar-refractivity contribution >= 4 is 16.6 Å². The monoisotopic (exact) mass is 236 g/mol. The summed E-state index contributed by atoms with van der Waals surface area (Å²) in [6.07, 6.45) is 0. The van der Waals surface area contributed by atoms with E-state index in [1.54, 1.807) is 0 Å². The van der Waals surface area contributed by atoms with Gasteiger partial charge in [-0.05, 0) is 11.2 Å². The number of aromatic nitrogens is 1. The summed E-state index contributed by atoms with van der Waals surface area (Å²) in [4.78, 5) is 11.2. The molecule has 0 amide bonds. The molecule has 0 atom stereocenters. The van der Waals surface area contributed by atoms with E-state index in [0.717, 1.165) is 22.2 Å². The van der Waals surface area contributed by atoms with E-state index < -0.39 is 0 Å². The third-order valence-electron chi connectivity index (χ3n) is 3.22. The Kier molecular flexibility index (Phi) is 2.45. The van der Waals surface area contributed by atoms with Crippen molar-refractivity contribution in [3.63, 3.8) is 0 Å². The Balaban J connectivity index is 2.42. The zero-order valence-electron chi connectivity index (χ0n) is 10.00. The fourth-order valence-electron chi connectivity index (χ4n) is 2.39. The summed E-state index contributed by atoms with van der Waals surface area (Å²) >= 11 is 0. The second-order valence-corrected chi connectivity index (χ2v) is 4.23. The maximum absolute atomic E-state index is 11.2. The molecule has 0 aliphatic heterocycles. The Labute approximate surface area is 105 Å². The molecule has 0 unspecified atom stereocenters. The van der Waals surface area contributed by atoms with Crippen molar-refractivity contribution in [2.24, 2.45) is 12.2 Å². The van der Waals surface area contributed by atoms with Gasteiger partial charge in [-0.3, -0.25) is 0 Å². The first-order valence-corrected chi connectivity index (χ1v) is 5.79. The molecule has 0 aliphatic rings. The fraction of sp³-hybridized carbons (Fsp3) is 0.0667. The molecule has 18 heavy (non-hydrogen) atoms. The summed E-state index contributed by atoms with van der Waals surface area (Å²) in [6.45, 7) is 0. The van der Waals surface area contributed by atoms with E-state index in [9.17, 15) is 4.91 Å². The molecule has 0 fully saturated rings. The molecule has 0 N–H and O–H groups in total. The van der Waals surface area contributed by atoms with Gasteiger partial charge >= 0.3 is 0 Å². The highest BCUT2D eigenvalue weighted by atomic mass is 16.3. The van der Waals surface area contributed by atoms with Gasteiger partial charge < -0.3 is 4.57 Å². The summed E-state index contributed by atoms with van der Waals surface area (Å²) in [5.74, 6) is 0. The standard InChI is InChI=1S/C15H12N2O/c1-17-13-10-6-5-9-12(13)14(16-18)15(17)11-7-3-2-4-8-11/h2-10H,1H3. The van der Waals surface area contributed by atoms with Gasteiger partial charge in [0.25, 0.3) is 0 Å². The maximum Gasteiger partial charge on any atom is 0.141 e. The van der Waals surface area contributed by atoms with Crippen molar-refractivity contribution in [1.29, 1.82) is 0 Å². The van der Waals surface area contributed by atoms with E-state index in [1.807, 2.05) is 66.2 Å². The lowest BCUT2D eigenvalue weighted by atomic mass is 10.1. The van der Waals surface area contributed by atoms with E-state index >= 15 is 0 Å². The lowest BCUT2D eigenvalue weighted by Crippen LogP contribution is -1.90. The Bertz CT molecular complexity index is 714. The molecule has 0 spiro atoms. The smallest absolute Gasteiger partial charge is 0.141 e. The van der Waals surface area contributed by atoms with Crippen LogP contribution in [0, 0.1) is 4.91 Å². The largest absolute Gasteiger partial charge is 0.342 e. The van der Waals surface area contributed by atoms with Gasteiger partial charge in [-0.25, -0.2) is 0 Å². The van der Waals surface area contributed by atoms with Gasteiger partial charge in [0.15, 0.2) is 0 Å². The van der Waals surface area contributed by atoms with Crippen LogP contribution in [0.2, 0.25) is 0 Å². The van der Waals surface area contributed by atoms with Crippen LogP contribution in [0.1, 0.15) is 0 Å². The van der Waals surface area contributed by atoms with Crippen LogP contribution in [-0.2, 0) is 7.05 Å². The predicted octanol–water partition coefficient (Wildman–Crippen LogP) is 4.24. The van der Waals surface area contributed by atoms with E-state index in [1.165, 1.54) is 0 Å². The molecule has 3 rings (SSSR count). The maximum atomic E-state index is 11.2. The molecule has 1 heterocycles. The topological polar surface area (TPSA) is 34.4 Å². The zero-order valence-corrected chi connectivity index (χ0v) is 10.00. The number of hydrogen-bond donors (Lipinski definition) is 0. The Morgan fingerprint density at radius 3 is 2.33 bits per heavy atom. The number of hydrogen-bond acceptors (Lipinski definition) is 2. The molecule has 0 aliphatic carbocycles. The first-order valence-electron chi connectivity index (χ1n) is 5.79. The minimum atomic E-state index is 0.513. The molecule has 0 saturated carbocycles. The lowest BCUT2D eigenvalue weighted by Gasteiger charge is -2.04. The first kappa shape index (κ1) is 10.7. The predicted molar refractivity (Wildman–Crippen MR) is 73.8 cm³/mol. The van der Waals surface area contributed by atoms with Crippen LogP contribution >= 0.6 is 0 Å². The van der Waals surface area contributed by atoms with Crippen molar-refractivity contribution in [3.05, 3.63) is 59.5 Å². The molecule has 3 heteroatoms. The van der Waals surface area contributed by atoms with E-state index in [2.05, 4.69) is 5.18 Å². The van der Waals surface area contributed by atoms with E-state index in [4.69, 9.17) is 0 Å². The second-order valence-electron chi connectivity index (χ2n) is 4.23. The van der Waals surface area contributed by atoms with Crippen LogP contribution in [-0.4, -0.2) is 4.57 Å². The first-order chi connectivity index (χ1) is 8.83. The van der Waals surface area contributed by atoms with Crippen LogP contribution < -0.4 is 0 Å². The van der Waals surface area contributed by atoms with Gasteiger partial charge in [-0.1, -0.05) is 48.5 Å². The number of para-hydroxylation sites is 1. The molecule has 0 radical (unpaired) electrons. The lowest BCUT2D eigenvalue weighted by molar-refractivity contribution is 0.978. The third kappa shape index (κ3) is 1.44. The van der Waals surface area contributed by atoms with Gasteiger partial charge in [-0.15, -0.1) is 4.91 Å². The average molecular weight is 236 g/mol. The number of nitroso groups, excluding NO2 is 1. The van der Waals surface area contributed by atoms with Gasteiger partial charge in [-0.2, -0.15) is 0 Å². The number of benzene rings is 2. The van der Waals surface area contributed by atoms with Crippen LogP contribution in [0.15, 0.2) is 59.8 Å². The van der Waals surface area contributed by atoms with Crippen LogP contribution in [0.5, 0.6) is 0 Å². The molecule has 88 valence electrons. The van der Waals surface area contributed by atoms with Gasteiger partial charge in [0.1, 0.15) is 5.69 Å². The molecule has 0 bridgehead atoms. The van der Waals surface area contributed by atoms with E-state index in [0.29, 0.717) is 5.69 Å². The molecular formula is C15H12N2O. The van der Waals surface area contributed by atoms with Crippen LogP contribution in [0.25, 0.3) is 22.2 Å². The minimum Gasteiger partial charge on any atom is -0.342 e. The molecule has 0 saturated heterocycles. The minimum absolute atomic E-state index is 0.513.